The summed E-state index contributed by atoms with van der Waals surface area (Å²) in [5.74, 6) is -12.0. The van der Waals surface area contributed by atoms with E-state index in [1.165, 1.54) is 24.3 Å². The summed E-state index contributed by atoms with van der Waals surface area (Å²) in [5, 5.41) is 0. The number of hydrogen-bond donors (Lipinski definition) is 0. The van der Waals surface area contributed by atoms with E-state index in [2.05, 4.69) is 4.74 Å². The Hall–Kier alpha value is -2.70. The Balaban J connectivity index is 2.58. The summed E-state index contributed by atoms with van der Waals surface area (Å²) in [6.07, 6.45) is 0. The molecule has 0 aliphatic carbocycles. The summed E-state index contributed by atoms with van der Waals surface area (Å²) in [5.41, 5.74) is -1.76. The van der Waals surface area contributed by atoms with E-state index in [-0.39, 0.29) is 5.56 Å². The Morgan fingerprint density at radius 3 is 1.77 bits per heavy atom. The zero-order chi connectivity index (χ0) is 16.4. The first-order valence-corrected chi connectivity index (χ1v) is 5.94. The lowest BCUT2D eigenvalue weighted by Gasteiger charge is -2.09. The SMILES string of the molecule is COc1c(F)c(F)c(C(=O)C(=O)c2ccccc2)c(F)c1F. The fraction of sp³-hybridized carbons (Fsp3) is 0.0667. The van der Waals surface area contributed by atoms with E-state index in [1.807, 2.05) is 0 Å². The number of methoxy groups -OCH3 is 1. The number of carbonyl (C=O) groups excluding carboxylic acids is 2. The second-order valence-electron chi connectivity index (χ2n) is 4.19. The molecule has 0 bridgehead atoms. The summed E-state index contributed by atoms with van der Waals surface area (Å²) in [7, 11) is 0.803. The molecule has 7 heteroatoms. The number of carbonyl (C=O) groups is 2. The van der Waals surface area contributed by atoms with E-state index in [0.29, 0.717) is 0 Å². The standard InChI is InChI=1S/C15H8F4O3/c1-22-15-11(18)9(16)8(10(17)12(15)19)14(21)13(20)7-5-3-2-4-6-7/h2-6H,1H3. The average molecular weight is 312 g/mol. The van der Waals surface area contributed by atoms with Crippen LogP contribution in [0.5, 0.6) is 5.75 Å². The number of halogens is 4. The normalized spacial score (nSPS) is 10.4. The fourth-order valence-corrected chi connectivity index (χ4v) is 1.82. The summed E-state index contributed by atoms with van der Waals surface area (Å²) in [6.45, 7) is 0. The third-order valence-electron chi connectivity index (χ3n) is 2.90. The van der Waals surface area contributed by atoms with Gasteiger partial charge in [0.05, 0.1) is 7.11 Å². The first kappa shape index (κ1) is 15.7. The van der Waals surface area contributed by atoms with Crippen LogP contribution in [0, 0.1) is 23.3 Å². The molecule has 2 rings (SSSR count). The molecule has 0 N–H and O–H groups in total. The van der Waals surface area contributed by atoms with Crippen LogP contribution < -0.4 is 4.74 Å². The van der Waals surface area contributed by atoms with Crippen molar-refractivity contribution in [1.29, 1.82) is 0 Å². The Morgan fingerprint density at radius 2 is 1.32 bits per heavy atom. The van der Waals surface area contributed by atoms with E-state index in [4.69, 9.17) is 0 Å². The molecule has 0 spiro atoms. The largest absolute Gasteiger partial charge is 0.491 e. The predicted octanol–water partition coefficient (Wildman–Crippen LogP) is 3.32. The van der Waals surface area contributed by atoms with Gasteiger partial charge in [0, 0.05) is 5.56 Å². The molecule has 114 valence electrons. The van der Waals surface area contributed by atoms with E-state index in [1.54, 1.807) is 6.07 Å². The highest BCUT2D eigenvalue weighted by Gasteiger charge is 2.33. The molecule has 22 heavy (non-hydrogen) atoms. The van der Waals surface area contributed by atoms with Crippen LogP contribution in [0.15, 0.2) is 30.3 Å². The highest BCUT2D eigenvalue weighted by Crippen LogP contribution is 2.30. The minimum Gasteiger partial charge on any atom is -0.491 e. The number of ketones is 2. The van der Waals surface area contributed by atoms with Gasteiger partial charge in [-0.2, -0.15) is 8.78 Å². The van der Waals surface area contributed by atoms with Gasteiger partial charge in [0.1, 0.15) is 5.56 Å². The Bertz CT molecular complexity index is 728. The molecule has 0 radical (unpaired) electrons. The summed E-state index contributed by atoms with van der Waals surface area (Å²) >= 11 is 0. The molecule has 0 unspecified atom stereocenters. The number of benzene rings is 2. The third kappa shape index (κ3) is 2.45. The van der Waals surface area contributed by atoms with Gasteiger partial charge >= 0.3 is 0 Å². The number of hydrogen-bond acceptors (Lipinski definition) is 3. The van der Waals surface area contributed by atoms with Crippen molar-refractivity contribution in [3.05, 3.63) is 64.7 Å². The van der Waals surface area contributed by atoms with Crippen molar-refractivity contribution >= 4 is 11.6 Å². The van der Waals surface area contributed by atoms with Crippen LogP contribution in [0.3, 0.4) is 0 Å². The van der Waals surface area contributed by atoms with Crippen molar-refractivity contribution in [2.75, 3.05) is 7.11 Å². The van der Waals surface area contributed by atoms with Gasteiger partial charge in [-0.05, 0) is 0 Å². The molecule has 0 amide bonds. The quantitative estimate of drug-likeness (QED) is 0.376. The van der Waals surface area contributed by atoms with Crippen molar-refractivity contribution < 1.29 is 31.9 Å². The first-order valence-electron chi connectivity index (χ1n) is 5.94. The number of Topliss-reactive ketones (excluding diaryl/α,β-unsaturated/α-hetero) is 2. The highest BCUT2D eigenvalue weighted by atomic mass is 19.2. The monoisotopic (exact) mass is 312 g/mol. The van der Waals surface area contributed by atoms with Gasteiger partial charge in [-0.25, -0.2) is 8.78 Å². The lowest BCUT2D eigenvalue weighted by atomic mass is 10.00. The minimum atomic E-state index is -1.98. The van der Waals surface area contributed by atoms with Crippen molar-refractivity contribution in [3.63, 3.8) is 0 Å². The molecule has 0 aliphatic heterocycles. The lowest BCUT2D eigenvalue weighted by Crippen LogP contribution is -2.20. The zero-order valence-electron chi connectivity index (χ0n) is 11.1. The summed E-state index contributed by atoms with van der Waals surface area (Å²) in [6, 6.07) is 6.85. The molecule has 0 fully saturated rings. The molecule has 0 saturated carbocycles. The molecular weight excluding hydrogens is 304 g/mol. The molecular formula is C15H8F4O3. The van der Waals surface area contributed by atoms with Crippen LogP contribution >= 0.6 is 0 Å². The van der Waals surface area contributed by atoms with Crippen LogP contribution in [0.2, 0.25) is 0 Å². The van der Waals surface area contributed by atoms with Gasteiger partial charge in [-0.1, -0.05) is 30.3 Å². The highest BCUT2D eigenvalue weighted by molar-refractivity contribution is 6.49. The summed E-state index contributed by atoms with van der Waals surface area (Å²) in [4.78, 5) is 23.8. The van der Waals surface area contributed by atoms with Crippen LogP contribution in [0.4, 0.5) is 17.6 Å². The maximum absolute atomic E-state index is 13.8. The van der Waals surface area contributed by atoms with Crippen LogP contribution in [-0.2, 0) is 0 Å². The van der Waals surface area contributed by atoms with Gasteiger partial charge in [0.15, 0.2) is 17.4 Å². The molecule has 0 saturated heterocycles. The van der Waals surface area contributed by atoms with Crippen LogP contribution in [-0.4, -0.2) is 18.7 Å². The smallest absolute Gasteiger partial charge is 0.239 e. The molecule has 3 nitrogen and oxygen atoms in total. The van der Waals surface area contributed by atoms with Crippen molar-refractivity contribution in [2.24, 2.45) is 0 Å². The van der Waals surface area contributed by atoms with Gasteiger partial charge in [0.2, 0.25) is 23.2 Å². The maximum Gasteiger partial charge on any atom is 0.239 e. The minimum absolute atomic E-state index is 0.164. The molecule has 0 heterocycles. The first-order chi connectivity index (χ1) is 10.4. The molecule has 0 aliphatic rings. The topological polar surface area (TPSA) is 43.4 Å². The maximum atomic E-state index is 13.8. The van der Waals surface area contributed by atoms with Gasteiger partial charge < -0.3 is 4.74 Å². The zero-order valence-corrected chi connectivity index (χ0v) is 11.1. The van der Waals surface area contributed by atoms with Crippen molar-refractivity contribution in [1.82, 2.24) is 0 Å². The number of rotatable bonds is 4. The second-order valence-corrected chi connectivity index (χ2v) is 4.19. The third-order valence-corrected chi connectivity index (χ3v) is 2.90. The Morgan fingerprint density at radius 1 is 0.818 bits per heavy atom. The van der Waals surface area contributed by atoms with E-state index in [9.17, 15) is 27.2 Å². The van der Waals surface area contributed by atoms with Gasteiger partial charge in [-0.15, -0.1) is 0 Å². The van der Waals surface area contributed by atoms with Gasteiger partial charge in [0.25, 0.3) is 0 Å². The van der Waals surface area contributed by atoms with Crippen molar-refractivity contribution in [2.45, 2.75) is 0 Å². The molecule has 0 atom stereocenters. The Labute approximate surface area is 122 Å². The van der Waals surface area contributed by atoms with Crippen LogP contribution in [0.25, 0.3) is 0 Å². The lowest BCUT2D eigenvalue weighted by molar-refractivity contribution is 0.0810. The molecule has 0 aromatic heterocycles. The molecule has 2 aromatic rings. The number of ether oxygens (including phenoxy) is 1. The van der Waals surface area contributed by atoms with Crippen LogP contribution in [0.1, 0.15) is 20.7 Å². The van der Waals surface area contributed by atoms with E-state index in [0.717, 1.165) is 7.11 Å². The van der Waals surface area contributed by atoms with Gasteiger partial charge in [-0.3, -0.25) is 9.59 Å². The molecule has 2 aromatic carbocycles. The second kappa shape index (κ2) is 5.97. The van der Waals surface area contributed by atoms with Crippen molar-refractivity contribution in [3.8, 4) is 5.75 Å². The predicted molar refractivity (Wildman–Crippen MR) is 67.9 cm³/mol. The summed E-state index contributed by atoms with van der Waals surface area (Å²) < 4.78 is 58.9. The average Bonchev–Trinajstić information content (AvgIpc) is 2.54. The van der Waals surface area contributed by atoms with E-state index < -0.39 is 46.1 Å². The Kier molecular flexibility index (Phi) is 4.25. The van der Waals surface area contributed by atoms with E-state index >= 15 is 0 Å². The fourth-order valence-electron chi connectivity index (χ4n) is 1.82.